The maximum Gasteiger partial charge on any atom is 0.303 e. The molecule has 0 heterocycles. The highest BCUT2D eigenvalue weighted by molar-refractivity contribution is 5.80. The third-order valence-electron chi connectivity index (χ3n) is 3.73. The number of carbonyl (C=O) groups excluding carboxylic acids is 1. The van der Waals surface area contributed by atoms with Crippen LogP contribution in [-0.4, -0.2) is 24.1 Å². The van der Waals surface area contributed by atoms with Crippen LogP contribution in [0.4, 0.5) is 0 Å². The van der Waals surface area contributed by atoms with Gasteiger partial charge in [0.1, 0.15) is 5.75 Å². The summed E-state index contributed by atoms with van der Waals surface area (Å²) in [4.78, 5) is 23.3. The molecular formula is C19H21NO4. The number of carbonyl (C=O) groups is 2. The Labute approximate surface area is 141 Å². The van der Waals surface area contributed by atoms with Gasteiger partial charge in [0.25, 0.3) is 0 Å². The van der Waals surface area contributed by atoms with Crippen LogP contribution in [0.5, 0.6) is 5.75 Å². The maximum absolute atomic E-state index is 12.4. The number of benzene rings is 2. The quantitative estimate of drug-likeness (QED) is 0.781. The molecule has 0 bridgehead atoms. The van der Waals surface area contributed by atoms with Crippen molar-refractivity contribution < 1.29 is 19.4 Å². The lowest BCUT2D eigenvalue weighted by Gasteiger charge is -2.19. The fraction of sp³-hybridized carbons (Fsp3) is 0.263. The number of carboxylic acid groups (broad SMARTS) is 1. The molecule has 0 fully saturated rings. The van der Waals surface area contributed by atoms with Crippen LogP contribution in [0.3, 0.4) is 0 Å². The third kappa shape index (κ3) is 5.12. The molecule has 0 aliphatic carbocycles. The molecule has 0 aliphatic rings. The molecule has 0 radical (unpaired) electrons. The van der Waals surface area contributed by atoms with Crippen LogP contribution in [-0.2, 0) is 16.0 Å². The summed E-state index contributed by atoms with van der Waals surface area (Å²) in [6, 6.07) is 16.4. The maximum atomic E-state index is 12.4. The summed E-state index contributed by atoms with van der Waals surface area (Å²) in [5.74, 6) is -0.386. The van der Waals surface area contributed by atoms with E-state index in [0.29, 0.717) is 12.2 Å². The Kier molecular flexibility index (Phi) is 6.37. The van der Waals surface area contributed by atoms with Crippen LogP contribution in [0, 0.1) is 0 Å². The Morgan fingerprint density at radius 3 is 2.42 bits per heavy atom. The number of carboxylic acids is 1. The largest absolute Gasteiger partial charge is 0.496 e. The van der Waals surface area contributed by atoms with E-state index < -0.39 is 5.97 Å². The third-order valence-corrected chi connectivity index (χ3v) is 3.73. The van der Waals surface area contributed by atoms with Crippen LogP contribution < -0.4 is 10.1 Å². The van der Waals surface area contributed by atoms with Crippen molar-refractivity contribution in [3.05, 3.63) is 65.7 Å². The van der Waals surface area contributed by atoms with Crippen LogP contribution in [0.1, 0.15) is 30.0 Å². The minimum absolute atomic E-state index is 0.00546. The van der Waals surface area contributed by atoms with Gasteiger partial charge in [-0.25, -0.2) is 0 Å². The number of ether oxygens (including phenoxy) is 1. The van der Waals surface area contributed by atoms with Crippen molar-refractivity contribution in [3.63, 3.8) is 0 Å². The SMILES string of the molecule is COc1ccccc1CC(=O)NC(CCC(=O)O)c1ccccc1. The highest BCUT2D eigenvalue weighted by Crippen LogP contribution is 2.21. The summed E-state index contributed by atoms with van der Waals surface area (Å²) in [7, 11) is 1.57. The number of aliphatic carboxylic acids is 1. The lowest BCUT2D eigenvalue weighted by atomic mass is 10.0. The summed E-state index contributed by atoms with van der Waals surface area (Å²) in [6.45, 7) is 0. The van der Waals surface area contributed by atoms with Crippen molar-refractivity contribution in [2.24, 2.45) is 0 Å². The van der Waals surface area contributed by atoms with Crippen molar-refractivity contribution in [2.45, 2.75) is 25.3 Å². The monoisotopic (exact) mass is 327 g/mol. The summed E-state index contributed by atoms with van der Waals surface area (Å²) >= 11 is 0. The van der Waals surface area contributed by atoms with Crippen molar-refractivity contribution >= 4 is 11.9 Å². The van der Waals surface area contributed by atoms with E-state index in [4.69, 9.17) is 9.84 Å². The Morgan fingerprint density at radius 1 is 1.08 bits per heavy atom. The summed E-state index contributed by atoms with van der Waals surface area (Å²) in [6.07, 6.45) is 0.520. The molecule has 1 unspecified atom stereocenters. The zero-order valence-corrected chi connectivity index (χ0v) is 13.6. The number of nitrogens with one attached hydrogen (secondary N) is 1. The lowest BCUT2D eigenvalue weighted by molar-refractivity contribution is -0.137. The predicted molar refractivity (Wildman–Crippen MR) is 90.9 cm³/mol. The number of hydrogen-bond donors (Lipinski definition) is 2. The van der Waals surface area contributed by atoms with E-state index in [2.05, 4.69) is 5.32 Å². The molecule has 0 saturated carbocycles. The van der Waals surface area contributed by atoms with E-state index in [-0.39, 0.29) is 24.8 Å². The Bertz CT molecular complexity index is 685. The van der Waals surface area contributed by atoms with Crippen molar-refractivity contribution in [2.75, 3.05) is 7.11 Å². The first-order chi connectivity index (χ1) is 11.6. The first kappa shape index (κ1) is 17.5. The van der Waals surface area contributed by atoms with Gasteiger partial charge in [0.15, 0.2) is 0 Å². The van der Waals surface area contributed by atoms with Crippen LogP contribution in [0.25, 0.3) is 0 Å². The number of rotatable bonds is 8. The second-order valence-corrected chi connectivity index (χ2v) is 5.45. The smallest absolute Gasteiger partial charge is 0.303 e. The minimum Gasteiger partial charge on any atom is -0.496 e. The van der Waals surface area contributed by atoms with Gasteiger partial charge in [-0.3, -0.25) is 9.59 Å². The summed E-state index contributed by atoms with van der Waals surface area (Å²) < 4.78 is 5.26. The van der Waals surface area contributed by atoms with Gasteiger partial charge in [-0.2, -0.15) is 0 Å². The number of para-hydroxylation sites is 1. The van der Waals surface area contributed by atoms with Crippen LogP contribution in [0.15, 0.2) is 54.6 Å². The highest BCUT2D eigenvalue weighted by atomic mass is 16.5. The second-order valence-electron chi connectivity index (χ2n) is 5.45. The van der Waals surface area contributed by atoms with Crippen molar-refractivity contribution in [1.29, 1.82) is 0 Å². The van der Waals surface area contributed by atoms with E-state index in [0.717, 1.165) is 11.1 Å². The van der Waals surface area contributed by atoms with Gasteiger partial charge in [0.05, 0.1) is 19.6 Å². The normalized spacial score (nSPS) is 11.5. The average molecular weight is 327 g/mol. The fourth-order valence-electron chi connectivity index (χ4n) is 2.54. The first-order valence-corrected chi connectivity index (χ1v) is 7.78. The molecule has 2 aromatic carbocycles. The first-order valence-electron chi connectivity index (χ1n) is 7.78. The zero-order chi connectivity index (χ0) is 17.4. The molecule has 24 heavy (non-hydrogen) atoms. The molecule has 2 aromatic rings. The average Bonchev–Trinajstić information content (AvgIpc) is 2.59. The van der Waals surface area contributed by atoms with E-state index in [1.165, 1.54) is 0 Å². The topological polar surface area (TPSA) is 75.6 Å². The van der Waals surface area contributed by atoms with Gasteiger partial charge in [-0.1, -0.05) is 48.5 Å². The van der Waals surface area contributed by atoms with Gasteiger partial charge >= 0.3 is 5.97 Å². The molecule has 2 N–H and O–H groups in total. The second kappa shape index (κ2) is 8.72. The molecule has 0 aromatic heterocycles. The lowest BCUT2D eigenvalue weighted by Crippen LogP contribution is -2.30. The van der Waals surface area contributed by atoms with Gasteiger partial charge in [-0.15, -0.1) is 0 Å². The van der Waals surface area contributed by atoms with Gasteiger partial charge in [-0.05, 0) is 18.1 Å². The molecule has 1 atom stereocenters. The van der Waals surface area contributed by atoms with Gasteiger partial charge < -0.3 is 15.2 Å². The summed E-state index contributed by atoms with van der Waals surface area (Å²) in [5.41, 5.74) is 1.69. The molecule has 0 aliphatic heterocycles. The van der Waals surface area contributed by atoms with Gasteiger partial charge in [0.2, 0.25) is 5.91 Å². The van der Waals surface area contributed by atoms with Crippen molar-refractivity contribution in [3.8, 4) is 5.75 Å². The number of amides is 1. The molecule has 0 spiro atoms. The minimum atomic E-state index is -0.880. The summed E-state index contributed by atoms with van der Waals surface area (Å²) in [5, 5.41) is 11.8. The highest BCUT2D eigenvalue weighted by Gasteiger charge is 2.17. The van der Waals surface area contributed by atoms with Gasteiger partial charge in [0, 0.05) is 12.0 Å². The molecule has 5 heteroatoms. The standard InChI is InChI=1S/C19H21NO4/c1-24-17-10-6-5-9-15(17)13-18(21)20-16(11-12-19(22)23)14-7-3-2-4-8-14/h2-10,16H,11-13H2,1H3,(H,20,21)(H,22,23). The van der Waals surface area contributed by atoms with E-state index >= 15 is 0 Å². The fourth-order valence-corrected chi connectivity index (χ4v) is 2.54. The van der Waals surface area contributed by atoms with Crippen LogP contribution in [0.2, 0.25) is 0 Å². The van der Waals surface area contributed by atoms with E-state index in [1.807, 2.05) is 54.6 Å². The zero-order valence-electron chi connectivity index (χ0n) is 13.6. The predicted octanol–water partition coefficient (Wildman–Crippen LogP) is 2.96. The number of hydrogen-bond acceptors (Lipinski definition) is 3. The molecule has 2 rings (SSSR count). The molecule has 5 nitrogen and oxygen atoms in total. The molecule has 1 amide bonds. The Hall–Kier alpha value is -2.82. The molecular weight excluding hydrogens is 306 g/mol. The van der Waals surface area contributed by atoms with Crippen LogP contribution >= 0.6 is 0 Å². The number of methoxy groups -OCH3 is 1. The molecule has 0 saturated heterocycles. The molecule has 126 valence electrons. The van der Waals surface area contributed by atoms with E-state index in [1.54, 1.807) is 7.11 Å². The van der Waals surface area contributed by atoms with E-state index in [9.17, 15) is 9.59 Å². The Morgan fingerprint density at radius 2 is 1.75 bits per heavy atom. The Balaban J connectivity index is 2.07. The van der Waals surface area contributed by atoms with Crippen molar-refractivity contribution in [1.82, 2.24) is 5.32 Å².